The largest absolute Gasteiger partial charge is 0.450 e. The molecule has 3 nitrogen and oxygen atoms in total. The molecule has 0 aromatic rings. The van der Waals surface area contributed by atoms with Crippen molar-refractivity contribution in [2.24, 2.45) is 5.73 Å². The predicted molar refractivity (Wildman–Crippen MR) is 76.5 cm³/mol. The molecule has 0 heterocycles. The van der Waals surface area contributed by atoms with Gasteiger partial charge < -0.3 is 10.5 Å². The zero-order chi connectivity index (χ0) is 13.5. The highest BCUT2D eigenvalue weighted by molar-refractivity contribution is 5.64. The van der Waals surface area contributed by atoms with E-state index in [-0.39, 0.29) is 0 Å². The molecule has 106 valence electrons. The van der Waals surface area contributed by atoms with Gasteiger partial charge in [0.2, 0.25) is 0 Å². The van der Waals surface area contributed by atoms with Gasteiger partial charge in [-0.15, -0.1) is 0 Å². The molecule has 1 amide bonds. The third-order valence-electron chi connectivity index (χ3n) is 2.91. The van der Waals surface area contributed by atoms with Gasteiger partial charge in [-0.3, -0.25) is 0 Å². The van der Waals surface area contributed by atoms with Crippen LogP contribution in [0.25, 0.3) is 0 Å². The lowest BCUT2D eigenvalue weighted by Gasteiger charge is -2.02. The molecule has 0 atom stereocenters. The fraction of sp³-hybridized carbons (Fsp3) is 0.800. The molecule has 0 radical (unpaired) electrons. The maximum atomic E-state index is 10.3. The Labute approximate surface area is 112 Å². The molecule has 0 fully saturated rings. The van der Waals surface area contributed by atoms with E-state index in [1.54, 1.807) is 0 Å². The van der Waals surface area contributed by atoms with Crippen LogP contribution in [0.5, 0.6) is 0 Å². The maximum Gasteiger partial charge on any atom is 0.404 e. The zero-order valence-corrected chi connectivity index (χ0v) is 11.8. The third kappa shape index (κ3) is 15.0. The summed E-state index contributed by atoms with van der Waals surface area (Å²) in [7, 11) is 0. The van der Waals surface area contributed by atoms with Crippen molar-refractivity contribution >= 4 is 6.09 Å². The highest BCUT2D eigenvalue weighted by Gasteiger charge is 1.94. The molecule has 0 aliphatic heterocycles. The number of carbonyl (C=O) groups excluding carboxylic acids is 1. The number of ether oxygens (including phenoxy) is 1. The van der Waals surface area contributed by atoms with Gasteiger partial charge in [0.1, 0.15) is 0 Å². The van der Waals surface area contributed by atoms with E-state index in [0.29, 0.717) is 6.61 Å². The topological polar surface area (TPSA) is 52.3 Å². The minimum absolute atomic E-state index is 0.471. The fourth-order valence-corrected chi connectivity index (χ4v) is 1.88. The van der Waals surface area contributed by atoms with Crippen LogP contribution in [-0.2, 0) is 4.74 Å². The highest BCUT2D eigenvalue weighted by atomic mass is 16.5. The third-order valence-corrected chi connectivity index (χ3v) is 2.91. The van der Waals surface area contributed by atoms with Crippen molar-refractivity contribution in [3.63, 3.8) is 0 Å². The van der Waals surface area contributed by atoms with E-state index in [2.05, 4.69) is 23.8 Å². The average molecular weight is 255 g/mol. The first-order chi connectivity index (χ1) is 8.77. The SMILES string of the molecule is CC/C=C\CCCCCCCCCCOC(N)=O. The Kier molecular flexibility index (Phi) is 13.3. The summed E-state index contributed by atoms with van der Waals surface area (Å²) in [5.41, 5.74) is 4.87. The van der Waals surface area contributed by atoms with Gasteiger partial charge in [-0.05, 0) is 25.7 Å². The summed E-state index contributed by atoms with van der Waals surface area (Å²) in [6.45, 7) is 2.64. The molecular weight excluding hydrogens is 226 g/mol. The number of allylic oxidation sites excluding steroid dienone is 2. The number of hydrogen-bond acceptors (Lipinski definition) is 2. The Balaban J connectivity index is 2.99. The number of nitrogens with two attached hydrogens (primary N) is 1. The molecule has 18 heavy (non-hydrogen) atoms. The van der Waals surface area contributed by atoms with Crippen molar-refractivity contribution in [3.8, 4) is 0 Å². The lowest BCUT2D eigenvalue weighted by Crippen LogP contribution is -2.13. The van der Waals surface area contributed by atoms with E-state index in [9.17, 15) is 4.79 Å². The summed E-state index contributed by atoms with van der Waals surface area (Å²) in [6.07, 6.45) is 16.2. The van der Waals surface area contributed by atoms with Crippen LogP contribution in [0.3, 0.4) is 0 Å². The van der Waals surface area contributed by atoms with Gasteiger partial charge in [0, 0.05) is 0 Å². The molecule has 0 rings (SSSR count). The molecule has 0 bridgehead atoms. The van der Waals surface area contributed by atoms with Crippen LogP contribution in [0.2, 0.25) is 0 Å². The van der Waals surface area contributed by atoms with Gasteiger partial charge >= 0.3 is 6.09 Å². The van der Waals surface area contributed by atoms with Crippen molar-refractivity contribution in [1.29, 1.82) is 0 Å². The monoisotopic (exact) mass is 255 g/mol. The summed E-state index contributed by atoms with van der Waals surface area (Å²) in [5.74, 6) is 0. The normalized spacial score (nSPS) is 10.9. The number of primary amides is 1. The lowest BCUT2D eigenvalue weighted by atomic mass is 10.1. The summed E-state index contributed by atoms with van der Waals surface area (Å²) in [6, 6.07) is 0. The second-order valence-corrected chi connectivity index (χ2v) is 4.66. The van der Waals surface area contributed by atoms with Crippen molar-refractivity contribution in [2.45, 2.75) is 71.1 Å². The van der Waals surface area contributed by atoms with Crippen LogP contribution in [0.1, 0.15) is 71.1 Å². The van der Waals surface area contributed by atoms with Gasteiger partial charge in [0.05, 0.1) is 6.61 Å². The standard InChI is InChI=1S/C15H29NO2/c1-2-3-4-5-6-7-8-9-10-11-12-13-14-18-15(16)17/h3-4H,2,5-14H2,1H3,(H2,16,17)/b4-3-. The van der Waals surface area contributed by atoms with E-state index in [1.807, 2.05) is 0 Å². The molecule has 0 saturated carbocycles. The van der Waals surface area contributed by atoms with Crippen LogP contribution in [0.4, 0.5) is 4.79 Å². The number of hydrogen-bond donors (Lipinski definition) is 1. The molecule has 3 heteroatoms. The van der Waals surface area contributed by atoms with Gasteiger partial charge in [0.25, 0.3) is 0 Å². The van der Waals surface area contributed by atoms with Crippen molar-refractivity contribution in [2.75, 3.05) is 6.61 Å². The Morgan fingerprint density at radius 1 is 0.944 bits per heavy atom. The van der Waals surface area contributed by atoms with Gasteiger partial charge in [-0.2, -0.15) is 0 Å². The quantitative estimate of drug-likeness (QED) is 0.410. The first kappa shape index (κ1) is 17.0. The summed E-state index contributed by atoms with van der Waals surface area (Å²) < 4.78 is 4.67. The van der Waals surface area contributed by atoms with Crippen molar-refractivity contribution in [1.82, 2.24) is 0 Å². The summed E-state index contributed by atoms with van der Waals surface area (Å²) in [5, 5.41) is 0. The first-order valence-electron chi connectivity index (χ1n) is 7.34. The molecule has 0 aliphatic rings. The number of unbranched alkanes of at least 4 members (excludes halogenated alkanes) is 8. The lowest BCUT2D eigenvalue weighted by molar-refractivity contribution is 0.154. The minimum atomic E-state index is -0.660. The van der Waals surface area contributed by atoms with E-state index in [1.165, 1.54) is 44.9 Å². The molecule has 0 aromatic carbocycles. The average Bonchev–Trinajstić information content (AvgIpc) is 2.34. The fourth-order valence-electron chi connectivity index (χ4n) is 1.88. The molecule has 0 aliphatic carbocycles. The van der Waals surface area contributed by atoms with Crippen LogP contribution >= 0.6 is 0 Å². The summed E-state index contributed by atoms with van der Waals surface area (Å²) in [4.78, 5) is 10.3. The first-order valence-corrected chi connectivity index (χ1v) is 7.34. The minimum Gasteiger partial charge on any atom is -0.450 e. The highest BCUT2D eigenvalue weighted by Crippen LogP contribution is 2.10. The van der Waals surface area contributed by atoms with Crippen molar-refractivity contribution in [3.05, 3.63) is 12.2 Å². The van der Waals surface area contributed by atoms with E-state index >= 15 is 0 Å². The zero-order valence-electron chi connectivity index (χ0n) is 11.8. The van der Waals surface area contributed by atoms with Crippen LogP contribution in [0.15, 0.2) is 12.2 Å². The number of rotatable bonds is 12. The number of amides is 1. The molecule has 0 spiro atoms. The van der Waals surface area contributed by atoms with Gasteiger partial charge in [0.15, 0.2) is 0 Å². The smallest absolute Gasteiger partial charge is 0.404 e. The summed E-state index contributed by atoms with van der Waals surface area (Å²) >= 11 is 0. The van der Waals surface area contributed by atoms with E-state index in [0.717, 1.165) is 19.3 Å². The number of carbonyl (C=O) groups is 1. The molecule has 0 saturated heterocycles. The van der Waals surface area contributed by atoms with Gasteiger partial charge in [-0.25, -0.2) is 4.79 Å². The molecule has 0 unspecified atom stereocenters. The van der Waals surface area contributed by atoms with Crippen molar-refractivity contribution < 1.29 is 9.53 Å². The van der Waals surface area contributed by atoms with Gasteiger partial charge in [-0.1, -0.05) is 57.6 Å². The second kappa shape index (κ2) is 14.1. The predicted octanol–water partition coefficient (Wildman–Crippen LogP) is 4.56. The molecular formula is C15H29NO2. The van der Waals surface area contributed by atoms with E-state index in [4.69, 9.17) is 5.73 Å². The Morgan fingerprint density at radius 3 is 2.06 bits per heavy atom. The van der Waals surface area contributed by atoms with E-state index < -0.39 is 6.09 Å². The maximum absolute atomic E-state index is 10.3. The van der Waals surface area contributed by atoms with Crippen LogP contribution in [-0.4, -0.2) is 12.7 Å². The molecule has 2 N–H and O–H groups in total. The molecule has 0 aromatic heterocycles. The second-order valence-electron chi connectivity index (χ2n) is 4.66. The van der Waals surface area contributed by atoms with Crippen LogP contribution < -0.4 is 5.73 Å². The van der Waals surface area contributed by atoms with Crippen LogP contribution in [0, 0.1) is 0 Å². The Morgan fingerprint density at radius 2 is 1.50 bits per heavy atom. The Bertz CT molecular complexity index is 215. The Hall–Kier alpha value is -0.990.